The van der Waals surface area contributed by atoms with E-state index in [1.165, 1.54) is 25.1 Å². The molecule has 0 atom stereocenters. The van der Waals surface area contributed by atoms with Crippen molar-refractivity contribution in [3.63, 3.8) is 0 Å². The van der Waals surface area contributed by atoms with E-state index in [4.69, 9.17) is 4.74 Å². The molecule has 0 aromatic heterocycles. The minimum absolute atomic E-state index is 0.114. The summed E-state index contributed by atoms with van der Waals surface area (Å²) in [5.41, 5.74) is 1.02. The summed E-state index contributed by atoms with van der Waals surface area (Å²) in [4.78, 5) is 11.4. The average Bonchev–Trinajstić information content (AvgIpc) is 2.40. The van der Waals surface area contributed by atoms with E-state index < -0.39 is 5.82 Å². The molecule has 0 unspecified atom stereocenters. The van der Waals surface area contributed by atoms with E-state index in [1.807, 2.05) is 0 Å². The van der Waals surface area contributed by atoms with Crippen molar-refractivity contribution in [3.8, 4) is 5.75 Å². The molecule has 0 amide bonds. The lowest BCUT2D eigenvalue weighted by Gasteiger charge is -2.10. The molecular formula is C15H11BrF2O2. The summed E-state index contributed by atoms with van der Waals surface area (Å²) < 4.78 is 32.1. The number of ether oxygens (including phenoxy) is 1. The number of ketones is 1. The van der Waals surface area contributed by atoms with Gasteiger partial charge in [0, 0.05) is 6.07 Å². The number of halogens is 3. The Kier molecular flexibility index (Phi) is 4.49. The summed E-state index contributed by atoms with van der Waals surface area (Å²) in [7, 11) is 0. The van der Waals surface area contributed by atoms with Crippen LogP contribution in [0.3, 0.4) is 0 Å². The summed E-state index contributed by atoms with van der Waals surface area (Å²) in [6, 6.07) is 8.19. The fraction of sp³-hybridized carbons (Fsp3) is 0.133. The molecule has 0 aliphatic heterocycles. The zero-order valence-electron chi connectivity index (χ0n) is 10.6. The molecule has 0 heterocycles. The van der Waals surface area contributed by atoms with Crippen LogP contribution in [0.5, 0.6) is 5.75 Å². The Hall–Kier alpha value is -1.75. The molecule has 5 heteroatoms. The van der Waals surface area contributed by atoms with Crippen LogP contribution in [0, 0.1) is 11.6 Å². The van der Waals surface area contributed by atoms with Gasteiger partial charge in [0.2, 0.25) is 0 Å². The lowest BCUT2D eigenvalue weighted by Crippen LogP contribution is -2.02. The van der Waals surface area contributed by atoms with Gasteiger partial charge in [0.15, 0.2) is 5.78 Å². The molecule has 104 valence electrons. The van der Waals surface area contributed by atoms with Gasteiger partial charge in [-0.15, -0.1) is 0 Å². The van der Waals surface area contributed by atoms with Crippen LogP contribution in [0.4, 0.5) is 8.78 Å². The van der Waals surface area contributed by atoms with Gasteiger partial charge in [-0.2, -0.15) is 0 Å². The molecular weight excluding hydrogens is 330 g/mol. The molecule has 0 spiro atoms. The molecule has 2 aromatic carbocycles. The molecule has 0 bridgehead atoms. The Bertz CT molecular complexity index is 656. The topological polar surface area (TPSA) is 26.3 Å². The maximum absolute atomic E-state index is 13.2. The van der Waals surface area contributed by atoms with E-state index in [-0.39, 0.29) is 24.0 Å². The lowest BCUT2D eigenvalue weighted by atomic mass is 10.1. The van der Waals surface area contributed by atoms with Crippen molar-refractivity contribution in [1.29, 1.82) is 0 Å². The molecule has 2 rings (SSSR count). The van der Waals surface area contributed by atoms with Crippen LogP contribution in [0.25, 0.3) is 0 Å². The second-order valence-corrected chi connectivity index (χ2v) is 5.09. The highest BCUT2D eigenvalue weighted by molar-refractivity contribution is 9.10. The number of carbonyl (C=O) groups is 1. The van der Waals surface area contributed by atoms with Crippen LogP contribution in [0.2, 0.25) is 0 Å². The number of carbonyl (C=O) groups excluding carboxylic acids is 1. The first-order chi connectivity index (χ1) is 9.47. The minimum atomic E-state index is -0.481. The molecule has 2 aromatic rings. The molecule has 0 saturated carbocycles. The number of hydrogen-bond acceptors (Lipinski definition) is 2. The molecule has 0 aliphatic carbocycles. The molecule has 2 nitrogen and oxygen atoms in total. The van der Waals surface area contributed by atoms with E-state index in [0.717, 1.165) is 6.07 Å². The van der Waals surface area contributed by atoms with Crippen molar-refractivity contribution in [2.45, 2.75) is 13.5 Å². The zero-order chi connectivity index (χ0) is 14.7. The Morgan fingerprint density at radius 1 is 1.20 bits per heavy atom. The summed E-state index contributed by atoms with van der Waals surface area (Å²) in [5.74, 6) is -0.882. The fourth-order valence-electron chi connectivity index (χ4n) is 1.70. The van der Waals surface area contributed by atoms with Crippen LogP contribution in [0.1, 0.15) is 22.8 Å². The fourth-order valence-corrected chi connectivity index (χ4v) is 2.12. The second-order valence-electron chi connectivity index (χ2n) is 4.23. The Morgan fingerprint density at radius 2 is 1.95 bits per heavy atom. The van der Waals surface area contributed by atoms with Crippen LogP contribution in [-0.4, -0.2) is 5.78 Å². The van der Waals surface area contributed by atoms with Crippen molar-refractivity contribution in [2.75, 3.05) is 0 Å². The van der Waals surface area contributed by atoms with Crippen LogP contribution in [0.15, 0.2) is 40.9 Å². The van der Waals surface area contributed by atoms with Crippen molar-refractivity contribution in [1.82, 2.24) is 0 Å². The number of benzene rings is 2. The molecule has 0 fully saturated rings. The Morgan fingerprint density at radius 3 is 2.60 bits per heavy atom. The van der Waals surface area contributed by atoms with Crippen LogP contribution < -0.4 is 4.74 Å². The Balaban J connectivity index is 2.20. The van der Waals surface area contributed by atoms with Crippen molar-refractivity contribution >= 4 is 21.7 Å². The van der Waals surface area contributed by atoms with E-state index in [1.54, 1.807) is 12.1 Å². The molecule has 0 N–H and O–H groups in total. The van der Waals surface area contributed by atoms with Crippen molar-refractivity contribution in [3.05, 3.63) is 63.6 Å². The molecule has 0 saturated heterocycles. The van der Waals surface area contributed by atoms with Gasteiger partial charge in [-0.3, -0.25) is 4.79 Å². The summed E-state index contributed by atoms with van der Waals surface area (Å²) >= 11 is 3.08. The van der Waals surface area contributed by atoms with Gasteiger partial charge in [-0.1, -0.05) is 6.07 Å². The molecule has 0 radical (unpaired) electrons. The van der Waals surface area contributed by atoms with Gasteiger partial charge in [-0.05, 0) is 52.7 Å². The van der Waals surface area contributed by atoms with E-state index >= 15 is 0 Å². The quantitative estimate of drug-likeness (QED) is 0.765. The van der Waals surface area contributed by atoms with Gasteiger partial charge >= 0.3 is 0 Å². The first kappa shape index (κ1) is 14.7. The highest BCUT2D eigenvalue weighted by Gasteiger charge is 2.10. The second kappa shape index (κ2) is 6.13. The first-order valence-corrected chi connectivity index (χ1v) is 6.64. The predicted molar refractivity (Wildman–Crippen MR) is 74.8 cm³/mol. The highest BCUT2D eigenvalue weighted by Crippen LogP contribution is 2.23. The van der Waals surface area contributed by atoms with Crippen LogP contribution >= 0.6 is 15.9 Å². The SMILES string of the molecule is CC(=O)c1ccc(F)cc1OCc1ccc(F)c(Br)c1. The monoisotopic (exact) mass is 340 g/mol. The first-order valence-electron chi connectivity index (χ1n) is 5.84. The van der Waals surface area contributed by atoms with E-state index in [2.05, 4.69) is 15.9 Å². The summed E-state index contributed by atoms with van der Waals surface area (Å²) in [5, 5.41) is 0. The zero-order valence-corrected chi connectivity index (χ0v) is 12.2. The lowest BCUT2D eigenvalue weighted by molar-refractivity contribution is 0.101. The normalized spacial score (nSPS) is 10.4. The minimum Gasteiger partial charge on any atom is -0.488 e. The summed E-state index contributed by atoms with van der Waals surface area (Å²) in [6.07, 6.45) is 0. The van der Waals surface area contributed by atoms with Crippen LogP contribution in [-0.2, 0) is 6.61 Å². The largest absolute Gasteiger partial charge is 0.488 e. The number of rotatable bonds is 4. The Labute approximate surface area is 123 Å². The van der Waals surface area contributed by atoms with Gasteiger partial charge in [0.05, 0.1) is 10.0 Å². The molecule has 0 aliphatic rings. The van der Waals surface area contributed by atoms with Gasteiger partial charge in [0.25, 0.3) is 0 Å². The number of hydrogen-bond donors (Lipinski definition) is 0. The van der Waals surface area contributed by atoms with Crippen molar-refractivity contribution < 1.29 is 18.3 Å². The third kappa shape index (κ3) is 3.42. The summed E-state index contributed by atoms with van der Waals surface area (Å²) in [6.45, 7) is 1.50. The van der Waals surface area contributed by atoms with E-state index in [9.17, 15) is 13.6 Å². The van der Waals surface area contributed by atoms with Gasteiger partial charge < -0.3 is 4.74 Å². The smallest absolute Gasteiger partial charge is 0.163 e. The predicted octanol–water partition coefficient (Wildman–Crippen LogP) is 4.51. The number of Topliss-reactive ketones (excluding diaryl/α,β-unsaturated/α-hetero) is 1. The average molecular weight is 341 g/mol. The third-order valence-corrected chi connectivity index (χ3v) is 3.31. The molecule has 20 heavy (non-hydrogen) atoms. The van der Waals surface area contributed by atoms with Gasteiger partial charge in [-0.25, -0.2) is 8.78 Å². The van der Waals surface area contributed by atoms with E-state index in [0.29, 0.717) is 15.6 Å². The highest BCUT2D eigenvalue weighted by atomic mass is 79.9. The maximum atomic E-state index is 13.2. The van der Waals surface area contributed by atoms with Crippen molar-refractivity contribution in [2.24, 2.45) is 0 Å². The maximum Gasteiger partial charge on any atom is 0.163 e. The standard InChI is InChI=1S/C15H11BrF2O2/c1-9(19)12-4-3-11(17)7-15(12)20-8-10-2-5-14(18)13(16)6-10/h2-7H,8H2,1H3. The van der Waals surface area contributed by atoms with Gasteiger partial charge in [0.1, 0.15) is 24.0 Å². The third-order valence-electron chi connectivity index (χ3n) is 2.70.